The molecule has 2 unspecified atom stereocenters. The number of carbonyl (C=O) groups is 1. The number of aliphatic hydroxyl groups excluding tert-OH is 1. The molecule has 2 rings (SSSR count). The number of hydrogen-bond donors (Lipinski definition) is 2. The molecular weight excluding hydrogens is 278 g/mol. The third-order valence-electron chi connectivity index (χ3n) is 5.39. The lowest BCUT2D eigenvalue weighted by Gasteiger charge is -2.31. The first-order valence-electron chi connectivity index (χ1n) is 8.92. The second-order valence-corrected chi connectivity index (χ2v) is 7.26. The number of nitrogens with one attached hydrogen (secondary N) is 1. The third kappa shape index (κ3) is 5.43. The number of aliphatic hydroxyl groups is 1. The van der Waals surface area contributed by atoms with E-state index in [1.807, 2.05) is 7.05 Å². The quantitative estimate of drug-likeness (QED) is 0.815. The van der Waals surface area contributed by atoms with Crippen molar-refractivity contribution in [1.29, 1.82) is 0 Å². The van der Waals surface area contributed by atoms with Crippen molar-refractivity contribution in [2.24, 2.45) is 11.8 Å². The first-order valence-corrected chi connectivity index (χ1v) is 8.92. The van der Waals surface area contributed by atoms with Crippen molar-refractivity contribution in [3.63, 3.8) is 0 Å². The normalized spacial score (nSPS) is 27.6. The zero-order valence-corrected chi connectivity index (χ0v) is 14.3. The summed E-state index contributed by atoms with van der Waals surface area (Å²) in [6.45, 7) is 3.79. The van der Waals surface area contributed by atoms with Gasteiger partial charge in [-0.3, -0.25) is 0 Å². The summed E-state index contributed by atoms with van der Waals surface area (Å²) in [6, 6.07) is 0.00528. The fourth-order valence-corrected chi connectivity index (χ4v) is 3.70. The third-order valence-corrected chi connectivity index (χ3v) is 5.39. The number of likely N-dealkylation sites (tertiary alicyclic amines) is 1. The highest BCUT2D eigenvalue weighted by Crippen LogP contribution is 2.25. The largest absolute Gasteiger partial charge is 0.393 e. The topological polar surface area (TPSA) is 55.8 Å². The Morgan fingerprint density at radius 3 is 2.59 bits per heavy atom. The van der Waals surface area contributed by atoms with E-state index >= 15 is 0 Å². The Morgan fingerprint density at radius 2 is 1.91 bits per heavy atom. The molecule has 0 aromatic heterocycles. The Balaban J connectivity index is 1.61. The summed E-state index contributed by atoms with van der Waals surface area (Å²) >= 11 is 0. The maximum absolute atomic E-state index is 12.1. The van der Waals surface area contributed by atoms with Crippen molar-refractivity contribution in [3.8, 4) is 0 Å². The highest BCUT2D eigenvalue weighted by Gasteiger charge is 2.25. The van der Waals surface area contributed by atoms with E-state index < -0.39 is 0 Å². The van der Waals surface area contributed by atoms with Gasteiger partial charge in [0.2, 0.25) is 0 Å². The highest BCUT2D eigenvalue weighted by atomic mass is 16.3. The van der Waals surface area contributed by atoms with Crippen LogP contribution in [0.4, 0.5) is 4.79 Å². The summed E-state index contributed by atoms with van der Waals surface area (Å²) < 4.78 is 0. The minimum absolute atomic E-state index is 0.00528. The molecule has 0 aromatic carbocycles. The molecule has 2 fully saturated rings. The molecule has 2 N–H and O–H groups in total. The molecule has 2 amide bonds. The molecule has 2 atom stereocenters. The second-order valence-electron chi connectivity index (χ2n) is 7.26. The number of hydrogen-bond acceptors (Lipinski definition) is 3. The molecule has 22 heavy (non-hydrogen) atoms. The number of nitrogens with zero attached hydrogens (tertiary/aromatic N) is 2. The van der Waals surface area contributed by atoms with Gasteiger partial charge in [0.1, 0.15) is 0 Å². The van der Waals surface area contributed by atoms with Gasteiger partial charge in [0.25, 0.3) is 0 Å². The van der Waals surface area contributed by atoms with Crippen LogP contribution in [0.25, 0.3) is 0 Å². The zero-order valence-electron chi connectivity index (χ0n) is 14.3. The molecule has 1 aliphatic heterocycles. The smallest absolute Gasteiger partial charge is 0.317 e. The minimum atomic E-state index is -0.233. The Hall–Kier alpha value is -0.810. The van der Waals surface area contributed by atoms with Gasteiger partial charge in [-0.2, -0.15) is 0 Å². The monoisotopic (exact) mass is 311 g/mol. The summed E-state index contributed by atoms with van der Waals surface area (Å²) in [6.07, 6.45) is 7.55. The molecule has 0 spiro atoms. The first-order chi connectivity index (χ1) is 10.6. The summed E-state index contributed by atoms with van der Waals surface area (Å²) in [7, 11) is 4.01. The summed E-state index contributed by atoms with van der Waals surface area (Å²) in [4.78, 5) is 16.3. The van der Waals surface area contributed by atoms with E-state index in [4.69, 9.17) is 0 Å². The second kappa shape index (κ2) is 8.73. The molecule has 0 radical (unpaired) electrons. The van der Waals surface area contributed by atoms with Gasteiger partial charge in [-0.05, 0) is 58.2 Å². The summed E-state index contributed by atoms with van der Waals surface area (Å²) in [5.74, 6) is 1.00. The Bertz CT molecular complexity index is 343. The molecule has 1 saturated carbocycles. The minimum Gasteiger partial charge on any atom is -0.393 e. The van der Waals surface area contributed by atoms with Crippen LogP contribution >= 0.6 is 0 Å². The Labute approximate surface area is 135 Å². The van der Waals surface area contributed by atoms with Gasteiger partial charge < -0.3 is 20.2 Å². The fourth-order valence-electron chi connectivity index (χ4n) is 3.70. The number of amides is 2. The molecule has 0 aromatic rings. The molecule has 5 nitrogen and oxygen atoms in total. The van der Waals surface area contributed by atoms with Gasteiger partial charge in [-0.25, -0.2) is 4.79 Å². The zero-order chi connectivity index (χ0) is 15.9. The van der Waals surface area contributed by atoms with Crippen LogP contribution in [-0.4, -0.2) is 67.3 Å². The van der Waals surface area contributed by atoms with Crippen LogP contribution in [-0.2, 0) is 0 Å². The van der Waals surface area contributed by atoms with Crippen molar-refractivity contribution >= 4 is 6.03 Å². The molecule has 2 aliphatic rings. The van der Waals surface area contributed by atoms with Crippen LogP contribution in [0.5, 0.6) is 0 Å². The van der Waals surface area contributed by atoms with Crippen LogP contribution < -0.4 is 5.32 Å². The van der Waals surface area contributed by atoms with E-state index in [1.54, 1.807) is 4.90 Å². The lowest BCUT2D eigenvalue weighted by molar-refractivity contribution is 0.0565. The van der Waals surface area contributed by atoms with E-state index in [0.717, 1.165) is 38.1 Å². The molecule has 5 heteroatoms. The number of carbonyl (C=O) groups excluding carboxylic acids is 1. The fraction of sp³-hybridized carbons (Fsp3) is 0.941. The van der Waals surface area contributed by atoms with Crippen molar-refractivity contribution in [1.82, 2.24) is 15.1 Å². The van der Waals surface area contributed by atoms with Gasteiger partial charge >= 0.3 is 6.03 Å². The van der Waals surface area contributed by atoms with E-state index in [2.05, 4.69) is 17.3 Å². The van der Waals surface area contributed by atoms with Crippen LogP contribution in [0.15, 0.2) is 0 Å². The van der Waals surface area contributed by atoms with Gasteiger partial charge in [0, 0.05) is 26.1 Å². The van der Waals surface area contributed by atoms with Gasteiger partial charge in [-0.15, -0.1) is 0 Å². The summed E-state index contributed by atoms with van der Waals surface area (Å²) in [5.41, 5.74) is 0. The number of urea groups is 1. The van der Waals surface area contributed by atoms with Crippen LogP contribution in [0.2, 0.25) is 0 Å². The van der Waals surface area contributed by atoms with Gasteiger partial charge in [0.05, 0.1) is 6.10 Å². The average Bonchev–Trinajstić information content (AvgIpc) is 2.51. The van der Waals surface area contributed by atoms with Crippen LogP contribution in [0.1, 0.15) is 44.9 Å². The Morgan fingerprint density at radius 1 is 1.23 bits per heavy atom. The van der Waals surface area contributed by atoms with E-state index in [9.17, 15) is 9.90 Å². The van der Waals surface area contributed by atoms with Crippen molar-refractivity contribution < 1.29 is 9.90 Å². The molecule has 0 bridgehead atoms. The predicted molar refractivity (Wildman–Crippen MR) is 88.8 cm³/mol. The maximum Gasteiger partial charge on any atom is 0.317 e. The number of piperidine rings is 1. The lowest BCUT2D eigenvalue weighted by atomic mass is 9.86. The first kappa shape index (κ1) is 17.5. The van der Waals surface area contributed by atoms with E-state index in [0.29, 0.717) is 6.54 Å². The molecule has 1 heterocycles. The predicted octanol–water partition coefficient (Wildman–Crippen LogP) is 1.91. The van der Waals surface area contributed by atoms with Crippen molar-refractivity contribution in [3.05, 3.63) is 0 Å². The standard InChI is InChI=1S/C17H33N3O2/c1-19-11-8-14(9-12-19)7-10-18-17(22)20(2)13-15-5-3-4-6-16(15)21/h14-16,21H,3-13H2,1-2H3,(H,18,22). The number of rotatable bonds is 5. The molecule has 1 saturated heterocycles. The van der Waals surface area contributed by atoms with Crippen molar-refractivity contribution in [2.45, 2.75) is 51.0 Å². The van der Waals surface area contributed by atoms with Gasteiger partial charge in [0.15, 0.2) is 0 Å². The maximum atomic E-state index is 12.1. The van der Waals surface area contributed by atoms with E-state index in [1.165, 1.54) is 32.4 Å². The highest BCUT2D eigenvalue weighted by molar-refractivity contribution is 5.73. The van der Waals surface area contributed by atoms with Crippen LogP contribution in [0.3, 0.4) is 0 Å². The SMILES string of the molecule is CN1CCC(CCNC(=O)N(C)CC2CCCCC2O)CC1. The van der Waals surface area contributed by atoms with Crippen molar-refractivity contribution in [2.75, 3.05) is 40.3 Å². The average molecular weight is 311 g/mol. The molecule has 128 valence electrons. The van der Waals surface area contributed by atoms with Crippen LogP contribution in [0, 0.1) is 11.8 Å². The Kier molecular flexibility index (Phi) is 6.96. The van der Waals surface area contributed by atoms with Gasteiger partial charge in [-0.1, -0.05) is 12.8 Å². The lowest BCUT2D eigenvalue weighted by Crippen LogP contribution is -2.43. The molecule has 1 aliphatic carbocycles. The summed E-state index contributed by atoms with van der Waals surface area (Å²) in [5, 5.41) is 13.0. The van der Waals surface area contributed by atoms with E-state index in [-0.39, 0.29) is 18.1 Å². The molecular formula is C17H33N3O2.